The molecule has 2 rings (SSSR count). The van der Waals surface area contributed by atoms with E-state index in [-0.39, 0.29) is 6.54 Å². The fourth-order valence-corrected chi connectivity index (χ4v) is 1.56. The van der Waals surface area contributed by atoms with Crippen LogP contribution in [0.1, 0.15) is 26.5 Å². The second-order valence-corrected chi connectivity index (χ2v) is 5.17. The molecule has 2 heterocycles. The number of ether oxygens (including phenoxy) is 3. The zero-order valence-corrected chi connectivity index (χ0v) is 11.4. The van der Waals surface area contributed by atoms with E-state index in [1.807, 2.05) is 20.8 Å². The van der Waals surface area contributed by atoms with E-state index in [2.05, 4.69) is 10.3 Å². The van der Waals surface area contributed by atoms with Crippen LogP contribution in [0, 0.1) is 0 Å². The largest absolute Gasteiger partial charge is 0.486 e. The number of pyridine rings is 1. The van der Waals surface area contributed by atoms with E-state index in [9.17, 15) is 4.79 Å². The summed E-state index contributed by atoms with van der Waals surface area (Å²) in [6.45, 7) is 6.78. The molecule has 0 radical (unpaired) electrons. The minimum Gasteiger partial charge on any atom is -0.486 e. The van der Waals surface area contributed by atoms with Gasteiger partial charge in [0, 0.05) is 6.07 Å². The van der Waals surface area contributed by atoms with Crippen LogP contribution in [0.3, 0.4) is 0 Å². The van der Waals surface area contributed by atoms with E-state index < -0.39 is 11.7 Å². The number of amides is 1. The van der Waals surface area contributed by atoms with Crippen LogP contribution in [0.2, 0.25) is 0 Å². The van der Waals surface area contributed by atoms with E-state index >= 15 is 0 Å². The summed E-state index contributed by atoms with van der Waals surface area (Å²) in [6.07, 6.45) is 1.13. The highest BCUT2D eigenvalue weighted by Gasteiger charge is 2.17. The zero-order valence-electron chi connectivity index (χ0n) is 11.4. The molecule has 104 valence electrons. The first kappa shape index (κ1) is 13.5. The average molecular weight is 266 g/mol. The highest BCUT2D eigenvalue weighted by molar-refractivity contribution is 5.67. The van der Waals surface area contributed by atoms with E-state index in [1.54, 1.807) is 12.3 Å². The van der Waals surface area contributed by atoms with Gasteiger partial charge in [-0.25, -0.2) is 4.79 Å². The van der Waals surface area contributed by atoms with Gasteiger partial charge < -0.3 is 19.5 Å². The van der Waals surface area contributed by atoms with E-state index in [1.165, 1.54) is 0 Å². The molecule has 1 aromatic rings. The lowest BCUT2D eigenvalue weighted by Gasteiger charge is -2.20. The van der Waals surface area contributed by atoms with Gasteiger partial charge in [-0.05, 0) is 20.8 Å². The predicted octanol–water partition coefficient (Wildman–Crippen LogP) is 1.88. The van der Waals surface area contributed by atoms with Crippen LogP contribution in [0.4, 0.5) is 4.79 Å². The Balaban J connectivity index is 1.91. The molecule has 0 aromatic carbocycles. The molecule has 0 saturated carbocycles. The number of rotatable bonds is 2. The van der Waals surface area contributed by atoms with Gasteiger partial charge >= 0.3 is 6.09 Å². The highest BCUT2D eigenvalue weighted by Crippen LogP contribution is 2.29. The summed E-state index contributed by atoms with van der Waals surface area (Å²) in [5.41, 5.74) is 0.180. The summed E-state index contributed by atoms with van der Waals surface area (Å²) in [4.78, 5) is 15.7. The number of nitrogens with one attached hydrogen (secondary N) is 1. The highest BCUT2D eigenvalue weighted by atomic mass is 16.6. The van der Waals surface area contributed by atoms with E-state index in [4.69, 9.17) is 14.2 Å². The van der Waals surface area contributed by atoms with Gasteiger partial charge in [0.1, 0.15) is 18.8 Å². The van der Waals surface area contributed by atoms with Gasteiger partial charge in [0.15, 0.2) is 11.5 Å². The lowest BCUT2D eigenvalue weighted by Crippen LogP contribution is -2.32. The summed E-state index contributed by atoms with van der Waals surface area (Å²) in [7, 11) is 0. The van der Waals surface area contributed by atoms with Gasteiger partial charge in [-0.2, -0.15) is 0 Å². The molecule has 1 aliphatic heterocycles. The molecular weight excluding hydrogens is 248 g/mol. The Morgan fingerprint density at radius 3 is 2.74 bits per heavy atom. The number of nitrogens with zero attached hydrogens (tertiary/aromatic N) is 1. The summed E-state index contributed by atoms with van der Waals surface area (Å²) in [5.74, 6) is 1.29. The Hall–Kier alpha value is -1.98. The minimum absolute atomic E-state index is 0.283. The Morgan fingerprint density at radius 1 is 1.37 bits per heavy atom. The topological polar surface area (TPSA) is 69.7 Å². The van der Waals surface area contributed by atoms with Gasteiger partial charge in [0.05, 0.1) is 18.4 Å². The van der Waals surface area contributed by atoms with Crippen LogP contribution in [0.5, 0.6) is 11.5 Å². The second-order valence-electron chi connectivity index (χ2n) is 5.17. The third-order valence-electron chi connectivity index (χ3n) is 2.30. The van der Waals surface area contributed by atoms with Crippen molar-refractivity contribution in [3.63, 3.8) is 0 Å². The zero-order chi connectivity index (χ0) is 13.9. The van der Waals surface area contributed by atoms with Crippen LogP contribution in [-0.2, 0) is 11.3 Å². The summed E-state index contributed by atoms with van der Waals surface area (Å²) < 4.78 is 16.0. The number of aromatic nitrogens is 1. The van der Waals surface area contributed by atoms with Crippen molar-refractivity contribution in [1.29, 1.82) is 0 Å². The first-order chi connectivity index (χ1) is 8.94. The molecule has 1 N–H and O–H groups in total. The lowest BCUT2D eigenvalue weighted by atomic mass is 10.2. The van der Waals surface area contributed by atoms with Gasteiger partial charge in [0.2, 0.25) is 0 Å². The molecule has 0 spiro atoms. The van der Waals surface area contributed by atoms with Crippen molar-refractivity contribution in [3.05, 3.63) is 18.0 Å². The Bertz CT molecular complexity index is 468. The maximum Gasteiger partial charge on any atom is 0.407 e. The Kier molecular flexibility index (Phi) is 3.78. The van der Waals surface area contributed by atoms with Crippen LogP contribution in [-0.4, -0.2) is 29.9 Å². The van der Waals surface area contributed by atoms with E-state index in [0.29, 0.717) is 30.4 Å². The summed E-state index contributed by atoms with van der Waals surface area (Å²) in [6, 6.07) is 1.76. The summed E-state index contributed by atoms with van der Waals surface area (Å²) in [5, 5.41) is 2.64. The number of hydrogen-bond donors (Lipinski definition) is 1. The SMILES string of the molecule is CC(C)(C)OC(=O)NCc1cc2c(cn1)OCCO2. The molecule has 0 bridgehead atoms. The van der Waals surface area contributed by atoms with Crippen molar-refractivity contribution in [2.45, 2.75) is 32.9 Å². The van der Waals surface area contributed by atoms with E-state index in [0.717, 1.165) is 0 Å². The third-order valence-corrected chi connectivity index (χ3v) is 2.30. The van der Waals surface area contributed by atoms with Crippen molar-refractivity contribution < 1.29 is 19.0 Å². The molecule has 0 saturated heterocycles. The number of alkyl carbamates (subject to hydrolysis) is 1. The molecule has 6 nitrogen and oxygen atoms in total. The number of carbonyl (C=O) groups excluding carboxylic acids is 1. The molecule has 6 heteroatoms. The normalized spacial score (nSPS) is 13.8. The van der Waals surface area contributed by atoms with Crippen molar-refractivity contribution in [3.8, 4) is 11.5 Å². The van der Waals surface area contributed by atoms with Gasteiger partial charge in [-0.3, -0.25) is 4.98 Å². The second kappa shape index (κ2) is 5.34. The number of carbonyl (C=O) groups is 1. The smallest absolute Gasteiger partial charge is 0.407 e. The van der Waals surface area contributed by atoms with Gasteiger partial charge in [-0.1, -0.05) is 0 Å². The van der Waals surface area contributed by atoms with Gasteiger partial charge in [-0.15, -0.1) is 0 Å². The number of fused-ring (bicyclic) bond motifs is 1. The van der Waals surface area contributed by atoms with Crippen molar-refractivity contribution in [1.82, 2.24) is 10.3 Å². The maximum absolute atomic E-state index is 11.5. The van der Waals surface area contributed by atoms with Crippen LogP contribution in [0.25, 0.3) is 0 Å². The monoisotopic (exact) mass is 266 g/mol. The third kappa shape index (κ3) is 4.01. The molecule has 1 aliphatic rings. The molecule has 0 atom stereocenters. The lowest BCUT2D eigenvalue weighted by molar-refractivity contribution is 0.0523. The van der Waals surface area contributed by atoms with Crippen molar-refractivity contribution in [2.24, 2.45) is 0 Å². The summed E-state index contributed by atoms with van der Waals surface area (Å²) >= 11 is 0. The molecule has 19 heavy (non-hydrogen) atoms. The first-order valence-electron chi connectivity index (χ1n) is 6.15. The van der Waals surface area contributed by atoms with Crippen molar-refractivity contribution in [2.75, 3.05) is 13.2 Å². The molecule has 0 aliphatic carbocycles. The van der Waals surface area contributed by atoms with Crippen LogP contribution in [0.15, 0.2) is 12.3 Å². The molecule has 0 unspecified atom stereocenters. The first-order valence-corrected chi connectivity index (χ1v) is 6.15. The molecule has 1 aromatic heterocycles. The minimum atomic E-state index is -0.510. The standard InChI is InChI=1S/C13H18N2O4/c1-13(2,3)19-12(16)15-7-9-6-10-11(8-14-9)18-5-4-17-10/h6,8H,4-5,7H2,1-3H3,(H,15,16). The Morgan fingerprint density at radius 2 is 2.05 bits per heavy atom. The van der Waals surface area contributed by atoms with Gasteiger partial charge in [0.25, 0.3) is 0 Å². The van der Waals surface area contributed by atoms with Crippen LogP contribution < -0.4 is 14.8 Å². The fraction of sp³-hybridized carbons (Fsp3) is 0.538. The van der Waals surface area contributed by atoms with Crippen molar-refractivity contribution >= 4 is 6.09 Å². The molecular formula is C13H18N2O4. The molecule has 1 amide bonds. The maximum atomic E-state index is 11.5. The number of hydrogen-bond acceptors (Lipinski definition) is 5. The fourth-order valence-electron chi connectivity index (χ4n) is 1.56. The van der Waals surface area contributed by atoms with Crippen LogP contribution >= 0.6 is 0 Å². The quantitative estimate of drug-likeness (QED) is 0.885. The average Bonchev–Trinajstić information content (AvgIpc) is 2.34. The predicted molar refractivity (Wildman–Crippen MR) is 68.3 cm³/mol. The molecule has 0 fully saturated rings. The Labute approximate surface area is 112 Å².